The molecule has 0 unspecified atom stereocenters. The van der Waals surface area contributed by atoms with Crippen LogP contribution >= 0.6 is 0 Å². The Bertz CT molecular complexity index is 1230. The molecule has 0 saturated carbocycles. The van der Waals surface area contributed by atoms with Gasteiger partial charge in [-0.2, -0.15) is 4.31 Å². The fourth-order valence-electron chi connectivity index (χ4n) is 3.54. The van der Waals surface area contributed by atoms with E-state index in [2.05, 4.69) is 25.2 Å². The number of amides is 1. The molecule has 11 heteroatoms. The monoisotopic (exact) mass is 467 g/mol. The molecule has 1 aliphatic heterocycles. The third-order valence-corrected chi connectivity index (χ3v) is 7.31. The maximum atomic E-state index is 13.1. The van der Waals surface area contributed by atoms with E-state index in [1.54, 1.807) is 42.6 Å². The Morgan fingerprint density at radius 1 is 1.06 bits per heavy atom. The lowest BCUT2D eigenvalue weighted by Gasteiger charge is -2.20. The van der Waals surface area contributed by atoms with Crippen LogP contribution in [0, 0.1) is 0 Å². The van der Waals surface area contributed by atoms with Crippen molar-refractivity contribution in [2.75, 3.05) is 44.3 Å². The molecular weight excluding hydrogens is 442 g/mol. The molecule has 0 radical (unpaired) electrons. The average molecular weight is 468 g/mol. The first kappa shape index (κ1) is 22.8. The quantitative estimate of drug-likeness (QED) is 0.579. The van der Waals surface area contributed by atoms with E-state index in [1.165, 1.54) is 16.7 Å². The van der Waals surface area contributed by atoms with Gasteiger partial charge in [-0.05, 0) is 44.3 Å². The van der Waals surface area contributed by atoms with Crippen molar-refractivity contribution in [2.24, 2.45) is 0 Å². The summed E-state index contributed by atoms with van der Waals surface area (Å²) in [7, 11) is -1.60. The van der Waals surface area contributed by atoms with Gasteiger partial charge < -0.3 is 16.0 Å². The second kappa shape index (κ2) is 9.61. The number of hydrogen-bond acceptors (Lipinski definition) is 8. The lowest BCUT2D eigenvalue weighted by molar-refractivity contribution is 0.102. The van der Waals surface area contributed by atoms with E-state index in [0.29, 0.717) is 36.6 Å². The Balaban J connectivity index is 1.55. The van der Waals surface area contributed by atoms with Gasteiger partial charge in [-0.3, -0.25) is 9.78 Å². The molecular formula is C22H25N7O3S. The van der Waals surface area contributed by atoms with Crippen LogP contribution in [0.25, 0.3) is 11.3 Å². The van der Waals surface area contributed by atoms with Crippen LogP contribution in [0.3, 0.4) is 0 Å². The van der Waals surface area contributed by atoms with Crippen molar-refractivity contribution in [1.82, 2.24) is 24.2 Å². The number of nitrogens with zero attached hydrogens (tertiary/aromatic N) is 5. The van der Waals surface area contributed by atoms with Crippen molar-refractivity contribution in [2.45, 2.75) is 11.3 Å². The number of hydrogen-bond donors (Lipinski definition) is 2. The van der Waals surface area contributed by atoms with Crippen molar-refractivity contribution in [3.8, 4) is 11.3 Å². The molecule has 3 aromatic rings. The number of anilines is 2. The molecule has 172 valence electrons. The third kappa shape index (κ3) is 5.16. The first-order valence-electron chi connectivity index (χ1n) is 10.5. The third-order valence-electron chi connectivity index (χ3n) is 5.40. The second-order valence-corrected chi connectivity index (χ2v) is 9.71. The molecule has 0 atom stereocenters. The van der Waals surface area contributed by atoms with Gasteiger partial charge in [-0.15, -0.1) is 0 Å². The molecule has 1 amide bonds. The van der Waals surface area contributed by atoms with Crippen molar-refractivity contribution in [1.29, 1.82) is 0 Å². The van der Waals surface area contributed by atoms with Crippen LogP contribution in [0.5, 0.6) is 0 Å². The first-order valence-corrected chi connectivity index (χ1v) is 11.9. The van der Waals surface area contributed by atoms with Gasteiger partial charge in [0.1, 0.15) is 0 Å². The number of pyridine rings is 1. The molecule has 1 saturated heterocycles. The normalized spacial score (nSPS) is 15.7. The van der Waals surface area contributed by atoms with E-state index in [0.717, 1.165) is 13.0 Å². The zero-order chi connectivity index (χ0) is 23.4. The average Bonchev–Trinajstić information content (AvgIpc) is 3.05. The van der Waals surface area contributed by atoms with Crippen LogP contribution in [0.15, 0.2) is 59.9 Å². The van der Waals surface area contributed by atoms with Crippen molar-refractivity contribution in [3.05, 3.63) is 60.7 Å². The molecule has 33 heavy (non-hydrogen) atoms. The summed E-state index contributed by atoms with van der Waals surface area (Å²) >= 11 is 0. The van der Waals surface area contributed by atoms with Crippen LogP contribution in [0.2, 0.25) is 0 Å². The summed E-state index contributed by atoms with van der Waals surface area (Å²) in [6.45, 7) is 2.52. The van der Waals surface area contributed by atoms with E-state index in [1.807, 2.05) is 7.05 Å². The highest BCUT2D eigenvalue weighted by molar-refractivity contribution is 7.89. The Morgan fingerprint density at radius 2 is 1.85 bits per heavy atom. The highest BCUT2D eigenvalue weighted by Gasteiger charge is 2.26. The zero-order valence-electron chi connectivity index (χ0n) is 18.2. The second-order valence-electron chi connectivity index (χ2n) is 7.77. The van der Waals surface area contributed by atoms with Gasteiger partial charge in [-0.25, -0.2) is 18.4 Å². The fraction of sp³-hybridized carbons (Fsp3) is 0.273. The maximum Gasteiger partial charge on any atom is 0.278 e. The SMILES string of the molecule is CN1CCCN(S(=O)(=O)c2ccc(-c3cnc(N)c(C(=O)Nc4cccnc4)n3)cc2)CC1. The summed E-state index contributed by atoms with van der Waals surface area (Å²) in [5.74, 6) is -0.523. The van der Waals surface area contributed by atoms with Crippen LogP contribution < -0.4 is 11.1 Å². The number of carbonyl (C=O) groups excluding carboxylic acids is 1. The molecule has 1 fully saturated rings. The molecule has 3 N–H and O–H groups in total. The number of rotatable bonds is 5. The molecule has 2 aromatic heterocycles. The number of aromatic nitrogens is 3. The summed E-state index contributed by atoms with van der Waals surface area (Å²) in [4.78, 5) is 27.4. The van der Waals surface area contributed by atoms with Gasteiger partial charge in [0.25, 0.3) is 5.91 Å². The smallest absolute Gasteiger partial charge is 0.278 e. The van der Waals surface area contributed by atoms with Gasteiger partial charge in [-0.1, -0.05) is 12.1 Å². The van der Waals surface area contributed by atoms with Gasteiger partial charge in [0.2, 0.25) is 10.0 Å². The highest BCUT2D eigenvalue weighted by atomic mass is 32.2. The molecule has 0 aliphatic carbocycles. The lowest BCUT2D eigenvalue weighted by Crippen LogP contribution is -2.34. The van der Waals surface area contributed by atoms with Gasteiger partial charge in [0.15, 0.2) is 11.5 Å². The largest absolute Gasteiger partial charge is 0.382 e. The molecule has 0 spiro atoms. The minimum Gasteiger partial charge on any atom is -0.382 e. The number of nitrogens with one attached hydrogen (secondary N) is 1. The van der Waals surface area contributed by atoms with Gasteiger partial charge >= 0.3 is 0 Å². The van der Waals surface area contributed by atoms with Crippen LogP contribution in [0.4, 0.5) is 11.5 Å². The molecule has 10 nitrogen and oxygen atoms in total. The predicted molar refractivity (Wildman–Crippen MR) is 125 cm³/mol. The Morgan fingerprint density at radius 3 is 2.58 bits per heavy atom. The molecule has 0 bridgehead atoms. The van der Waals surface area contributed by atoms with Gasteiger partial charge in [0, 0.05) is 31.4 Å². The molecule has 4 rings (SSSR count). The first-order chi connectivity index (χ1) is 15.8. The van der Waals surface area contributed by atoms with E-state index >= 15 is 0 Å². The number of likely N-dealkylation sites (N-methyl/N-ethyl adjacent to an activating group) is 1. The summed E-state index contributed by atoms with van der Waals surface area (Å²) in [6, 6.07) is 9.79. The Hall–Kier alpha value is -3.41. The lowest BCUT2D eigenvalue weighted by atomic mass is 10.1. The standard InChI is InChI=1S/C22H25N7O3S/c1-28-10-3-11-29(13-12-28)33(31,32)18-7-5-16(6-8-18)19-15-25-21(23)20(27-19)22(30)26-17-4-2-9-24-14-17/h2,4-9,14-15H,3,10-13H2,1H3,(H2,23,25)(H,26,30). The summed E-state index contributed by atoms with van der Waals surface area (Å²) in [5.41, 5.74) is 7.37. The maximum absolute atomic E-state index is 13.1. The molecule has 1 aromatic carbocycles. The van der Waals surface area contributed by atoms with E-state index in [-0.39, 0.29) is 16.4 Å². The van der Waals surface area contributed by atoms with Crippen molar-refractivity contribution < 1.29 is 13.2 Å². The van der Waals surface area contributed by atoms with Crippen molar-refractivity contribution in [3.63, 3.8) is 0 Å². The zero-order valence-corrected chi connectivity index (χ0v) is 19.0. The summed E-state index contributed by atoms with van der Waals surface area (Å²) in [5, 5.41) is 2.68. The van der Waals surface area contributed by atoms with Crippen LogP contribution in [-0.4, -0.2) is 71.7 Å². The number of benzene rings is 1. The molecule has 1 aliphatic rings. The van der Waals surface area contributed by atoms with Crippen molar-refractivity contribution >= 4 is 27.4 Å². The van der Waals surface area contributed by atoms with E-state index < -0.39 is 15.9 Å². The predicted octanol–water partition coefficient (Wildman–Crippen LogP) is 1.70. The number of nitrogens with two attached hydrogens (primary N) is 1. The summed E-state index contributed by atoms with van der Waals surface area (Å²) in [6.07, 6.45) is 5.34. The Kier molecular flexibility index (Phi) is 6.63. The van der Waals surface area contributed by atoms with E-state index in [9.17, 15) is 13.2 Å². The fourth-order valence-corrected chi connectivity index (χ4v) is 5.01. The number of carbonyl (C=O) groups is 1. The summed E-state index contributed by atoms with van der Waals surface area (Å²) < 4.78 is 27.6. The van der Waals surface area contributed by atoms with Crippen LogP contribution in [-0.2, 0) is 10.0 Å². The van der Waals surface area contributed by atoms with E-state index in [4.69, 9.17) is 5.73 Å². The highest BCUT2D eigenvalue weighted by Crippen LogP contribution is 2.23. The minimum atomic E-state index is -3.59. The number of sulfonamides is 1. The van der Waals surface area contributed by atoms with Crippen LogP contribution in [0.1, 0.15) is 16.9 Å². The number of nitrogen functional groups attached to an aromatic ring is 1. The molecule has 3 heterocycles. The van der Waals surface area contributed by atoms with Gasteiger partial charge in [0.05, 0.1) is 28.7 Å². The minimum absolute atomic E-state index is 0.00882. The topological polar surface area (TPSA) is 134 Å². The Labute approximate surface area is 192 Å².